The van der Waals surface area contributed by atoms with Crippen LogP contribution in [-0.2, 0) is 25.7 Å². The highest BCUT2D eigenvalue weighted by Crippen LogP contribution is 2.53. The molecule has 3 heterocycles. The van der Waals surface area contributed by atoms with Gasteiger partial charge in [-0.25, -0.2) is 0 Å². The Kier molecular flexibility index (Phi) is 4.79. The van der Waals surface area contributed by atoms with Crippen molar-refractivity contribution < 1.29 is 19.1 Å². The van der Waals surface area contributed by atoms with Crippen LogP contribution in [0.25, 0.3) is 0 Å². The average molecular weight is 468 g/mol. The van der Waals surface area contributed by atoms with E-state index in [0.717, 1.165) is 15.6 Å². The minimum absolute atomic E-state index is 0.0427. The molecule has 5 nitrogen and oxygen atoms in total. The maximum Gasteiger partial charge on any atom is 0.313 e. The van der Waals surface area contributed by atoms with Crippen molar-refractivity contribution in [1.82, 2.24) is 4.90 Å². The van der Waals surface area contributed by atoms with E-state index in [1.54, 1.807) is 0 Å². The monoisotopic (exact) mass is 467 g/mol. The smallest absolute Gasteiger partial charge is 0.313 e. The third-order valence-corrected chi connectivity index (χ3v) is 6.97. The topological polar surface area (TPSA) is 55.8 Å². The van der Waals surface area contributed by atoms with E-state index in [0.29, 0.717) is 6.54 Å². The van der Waals surface area contributed by atoms with Crippen molar-refractivity contribution in [3.63, 3.8) is 0 Å². The summed E-state index contributed by atoms with van der Waals surface area (Å²) in [6, 6.07) is 17.4. The number of hydrogen-bond donors (Lipinski definition) is 0. The normalized spacial score (nSPS) is 29.9. The van der Waals surface area contributed by atoms with Gasteiger partial charge in [0.2, 0.25) is 5.91 Å². The van der Waals surface area contributed by atoms with E-state index in [4.69, 9.17) is 9.47 Å². The van der Waals surface area contributed by atoms with Crippen LogP contribution >= 0.6 is 15.9 Å². The number of fused-ring (bicyclic) bond motifs is 1. The molecule has 0 saturated carbocycles. The molecule has 2 aromatic carbocycles. The molecule has 3 aliphatic rings. The average Bonchev–Trinajstić information content (AvgIpc) is 3.41. The standard InChI is InChI=1S/C24H22BrNO4/c1-15(17-7-9-18(25)10-8-17)26-14-24-12-11-19(30-24)20(21(24)22(26)27)23(28)29-13-16-5-3-2-4-6-16/h2-12,15,19-21H,13-14H2,1H3/t15-,19-,20+,21-,24+/m1/s1. The Labute approximate surface area is 183 Å². The van der Waals surface area contributed by atoms with Gasteiger partial charge >= 0.3 is 5.97 Å². The van der Waals surface area contributed by atoms with Crippen molar-refractivity contribution in [1.29, 1.82) is 0 Å². The van der Waals surface area contributed by atoms with Crippen molar-refractivity contribution in [2.75, 3.05) is 6.54 Å². The fraction of sp³-hybridized carbons (Fsp3) is 0.333. The fourth-order valence-electron chi connectivity index (χ4n) is 4.87. The molecule has 30 heavy (non-hydrogen) atoms. The zero-order valence-electron chi connectivity index (χ0n) is 16.5. The van der Waals surface area contributed by atoms with E-state index in [1.165, 1.54) is 0 Å². The van der Waals surface area contributed by atoms with Crippen molar-refractivity contribution in [3.8, 4) is 0 Å². The van der Waals surface area contributed by atoms with Gasteiger partial charge in [0.05, 0.1) is 24.6 Å². The molecule has 2 fully saturated rings. The minimum Gasteiger partial charge on any atom is -0.460 e. The van der Waals surface area contributed by atoms with Crippen LogP contribution in [0.2, 0.25) is 0 Å². The number of benzene rings is 2. The summed E-state index contributed by atoms with van der Waals surface area (Å²) in [6.45, 7) is 2.65. The first-order valence-corrected chi connectivity index (χ1v) is 10.9. The molecule has 0 aliphatic carbocycles. The molecule has 154 valence electrons. The van der Waals surface area contributed by atoms with Gasteiger partial charge in [-0.3, -0.25) is 9.59 Å². The zero-order chi connectivity index (χ0) is 20.9. The number of hydrogen-bond acceptors (Lipinski definition) is 4. The number of rotatable bonds is 5. The first-order valence-electron chi connectivity index (χ1n) is 10.1. The summed E-state index contributed by atoms with van der Waals surface area (Å²) in [6.07, 6.45) is 3.48. The molecular formula is C24H22BrNO4. The molecule has 5 atom stereocenters. The number of amides is 1. The van der Waals surface area contributed by atoms with Crippen molar-refractivity contribution in [2.45, 2.75) is 31.3 Å². The number of ether oxygens (including phenoxy) is 2. The lowest BCUT2D eigenvalue weighted by Crippen LogP contribution is -2.40. The Bertz CT molecular complexity index is 1010. The summed E-state index contributed by atoms with van der Waals surface area (Å²) in [5.41, 5.74) is 1.23. The maximum absolute atomic E-state index is 13.4. The van der Waals surface area contributed by atoms with Crippen molar-refractivity contribution in [2.24, 2.45) is 11.8 Å². The maximum atomic E-state index is 13.4. The highest BCUT2D eigenvalue weighted by atomic mass is 79.9. The Hall–Kier alpha value is -2.44. The van der Waals surface area contributed by atoms with E-state index >= 15 is 0 Å². The molecular weight excluding hydrogens is 446 g/mol. The molecule has 6 heteroatoms. The lowest BCUT2D eigenvalue weighted by atomic mass is 9.77. The van der Waals surface area contributed by atoms with Crippen LogP contribution in [-0.4, -0.2) is 35.0 Å². The van der Waals surface area contributed by atoms with Crippen LogP contribution < -0.4 is 0 Å². The first-order chi connectivity index (χ1) is 14.5. The number of nitrogens with zero attached hydrogens (tertiary/aromatic N) is 1. The van der Waals surface area contributed by atoms with Gasteiger partial charge < -0.3 is 14.4 Å². The summed E-state index contributed by atoms with van der Waals surface area (Å²) in [4.78, 5) is 28.2. The number of carbonyl (C=O) groups is 2. The lowest BCUT2D eigenvalue weighted by Gasteiger charge is -2.27. The Balaban J connectivity index is 1.35. The fourth-order valence-corrected chi connectivity index (χ4v) is 5.14. The Morgan fingerprint density at radius 3 is 2.70 bits per heavy atom. The van der Waals surface area contributed by atoms with Gasteiger partial charge in [0, 0.05) is 4.47 Å². The molecule has 0 N–H and O–H groups in total. The number of likely N-dealkylation sites (tertiary alicyclic amines) is 1. The van der Waals surface area contributed by atoms with E-state index in [9.17, 15) is 9.59 Å². The van der Waals surface area contributed by atoms with E-state index < -0.39 is 23.5 Å². The highest BCUT2D eigenvalue weighted by Gasteiger charge is 2.67. The van der Waals surface area contributed by atoms with Crippen molar-refractivity contribution in [3.05, 3.63) is 82.3 Å². The molecule has 2 aromatic rings. The van der Waals surface area contributed by atoms with E-state index in [-0.39, 0.29) is 24.5 Å². The van der Waals surface area contributed by atoms with Crippen LogP contribution in [0, 0.1) is 11.8 Å². The van der Waals surface area contributed by atoms with Gasteiger partial charge in [-0.1, -0.05) is 70.5 Å². The Morgan fingerprint density at radius 2 is 1.97 bits per heavy atom. The molecule has 2 saturated heterocycles. The predicted octanol–water partition coefficient (Wildman–Crippen LogP) is 4.04. The molecule has 1 spiro atoms. The van der Waals surface area contributed by atoms with Gasteiger partial charge in [-0.15, -0.1) is 0 Å². The van der Waals surface area contributed by atoms with Crippen LogP contribution in [0.15, 0.2) is 71.2 Å². The van der Waals surface area contributed by atoms with Gasteiger partial charge in [0.1, 0.15) is 18.1 Å². The molecule has 0 aromatic heterocycles. The van der Waals surface area contributed by atoms with E-state index in [2.05, 4.69) is 15.9 Å². The Morgan fingerprint density at radius 1 is 1.23 bits per heavy atom. The quantitative estimate of drug-likeness (QED) is 0.491. The van der Waals surface area contributed by atoms with E-state index in [1.807, 2.05) is 78.6 Å². The third kappa shape index (κ3) is 3.10. The number of carbonyl (C=O) groups excluding carboxylic acids is 2. The van der Waals surface area contributed by atoms with Crippen LogP contribution in [0.1, 0.15) is 24.1 Å². The number of esters is 1. The zero-order valence-corrected chi connectivity index (χ0v) is 18.1. The summed E-state index contributed by atoms with van der Waals surface area (Å²) < 4.78 is 12.8. The summed E-state index contributed by atoms with van der Waals surface area (Å²) in [7, 11) is 0. The van der Waals surface area contributed by atoms with Gasteiger partial charge in [-0.2, -0.15) is 0 Å². The second-order valence-corrected chi connectivity index (χ2v) is 9.10. The minimum atomic E-state index is -0.734. The molecule has 5 rings (SSSR count). The summed E-state index contributed by atoms with van der Waals surface area (Å²) in [5, 5.41) is 0. The van der Waals surface area contributed by atoms with Gasteiger partial charge in [0.15, 0.2) is 0 Å². The second-order valence-electron chi connectivity index (χ2n) is 8.19. The number of halogens is 1. The predicted molar refractivity (Wildman–Crippen MR) is 114 cm³/mol. The van der Waals surface area contributed by atoms with Crippen LogP contribution in [0.3, 0.4) is 0 Å². The largest absolute Gasteiger partial charge is 0.460 e. The summed E-state index contributed by atoms with van der Waals surface area (Å²) in [5.74, 6) is -1.55. The molecule has 0 radical (unpaired) electrons. The van der Waals surface area contributed by atoms with Crippen molar-refractivity contribution >= 4 is 27.8 Å². The first kappa shape index (κ1) is 19.5. The molecule has 1 amide bonds. The van der Waals surface area contributed by atoms with Crippen LogP contribution in [0.5, 0.6) is 0 Å². The highest BCUT2D eigenvalue weighted by molar-refractivity contribution is 9.10. The lowest BCUT2D eigenvalue weighted by molar-refractivity contribution is -0.155. The SMILES string of the molecule is C[C@H](c1ccc(Br)cc1)N1C[C@]23C=C[C@@H](O2)[C@H](C(=O)OCc2ccccc2)[C@@H]3C1=O. The van der Waals surface area contributed by atoms with Crippen LogP contribution in [0.4, 0.5) is 0 Å². The second kappa shape index (κ2) is 7.36. The third-order valence-electron chi connectivity index (χ3n) is 6.45. The molecule has 2 bridgehead atoms. The molecule has 0 unspecified atom stereocenters. The molecule has 3 aliphatic heterocycles. The van der Waals surface area contributed by atoms with Gasteiger partial charge in [0.25, 0.3) is 0 Å². The summed E-state index contributed by atoms with van der Waals surface area (Å²) >= 11 is 3.45. The van der Waals surface area contributed by atoms with Gasteiger partial charge in [-0.05, 0) is 30.2 Å².